The molecule has 1 aliphatic heterocycles. The maximum absolute atomic E-state index is 12.1. The molecule has 2 aromatic rings. The molecule has 1 N–H and O–H groups in total. The molecule has 2 heterocycles. The number of aromatic nitrogens is 1. The Morgan fingerprint density at radius 2 is 1.78 bits per heavy atom. The van der Waals surface area contributed by atoms with Crippen molar-refractivity contribution in [2.75, 3.05) is 43.4 Å². The zero-order valence-electron chi connectivity index (χ0n) is 16.4. The summed E-state index contributed by atoms with van der Waals surface area (Å²) < 4.78 is 0. The van der Waals surface area contributed by atoms with Gasteiger partial charge in [-0.05, 0) is 42.3 Å². The van der Waals surface area contributed by atoms with Gasteiger partial charge in [-0.3, -0.25) is 4.79 Å². The van der Waals surface area contributed by atoms with E-state index in [1.807, 2.05) is 30.3 Å². The van der Waals surface area contributed by atoms with Gasteiger partial charge < -0.3 is 15.1 Å². The summed E-state index contributed by atoms with van der Waals surface area (Å²) in [5.41, 5.74) is 3.01. The lowest BCUT2D eigenvalue weighted by atomic mass is 10.0. The van der Waals surface area contributed by atoms with Gasteiger partial charge in [-0.2, -0.15) is 0 Å². The Hall–Kier alpha value is -2.66. The van der Waals surface area contributed by atoms with Crippen molar-refractivity contribution in [2.45, 2.75) is 19.8 Å². The third kappa shape index (κ3) is 5.41. The first kappa shape index (κ1) is 19.1. The lowest BCUT2D eigenvalue weighted by molar-refractivity contribution is -0.111. The molecule has 3 rings (SSSR count). The first-order valence-corrected chi connectivity index (χ1v) is 9.50. The molecule has 27 heavy (non-hydrogen) atoms. The van der Waals surface area contributed by atoms with Gasteiger partial charge in [0.25, 0.3) is 0 Å². The van der Waals surface area contributed by atoms with Crippen molar-refractivity contribution in [1.82, 2.24) is 9.88 Å². The zero-order chi connectivity index (χ0) is 19.2. The predicted molar refractivity (Wildman–Crippen MR) is 112 cm³/mol. The molecular weight excluding hydrogens is 336 g/mol. The molecule has 0 radical (unpaired) electrons. The number of rotatable bonds is 5. The minimum atomic E-state index is -0.155. The molecule has 1 aromatic carbocycles. The fraction of sp³-hybridized carbons (Fsp3) is 0.364. The van der Waals surface area contributed by atoms with E-state index in [0.717, 1.165) is 37.6 Å². The van der Waals surface area contributed by atoms with E-state index in [9.17, 15) is 4.79 Å². The molecule has 1 amide bonds. The second-order valence-electron chi connectivity index (χ2n) is 7.34. The van der Waals surface area contributed by atoms with Gasteiger partial charge in [0.1, 0.15) is 5.82 Å². The second-order valence-corrected chi connectivity index (χ2v) is 7.34. The number of carbonyl (C=O) groups excluding carboxylic acids is 1. The summed E-state index contributed by atoms with van der Waals surface area (Å²) in [6.45, 7) is 8.38. The van der Waals surface area contributed by atoms with Gasteiger partial charge in [0.15, 0.2) is 0 Å². The fourth-order valence-electron chi connectivity index (χ4n) is 3.03. The van der Waals surface area contributed by atoms with Crippen LogP contribution in [0.3, 0.4) is 0 Å². The summed E-state index contributed by atoms with van der Waals surface area (Å²) in [6.07, 6.45) is 5.10. The molecule has 1 aromatic heterocycles. The Labute approximate surface area is 161 Å². The second kappa shape index (κ2) is 8.82. The van der Waals surface area contributed by atoms with Crippen molar-refractivity contribution in [2.24, 2.45) is 0 Å². The van der Waals surface area contributed by atoms with Crippen LogP contribution in [0.15, 0.2) is 48.7 Å². The van der Waals surface area contributed by atoms with Crippen molar-refractivity contribution in [3.63, 3.8) is 0 Å². The topological polar surface area (TPSA) is 48.5 Å². The van der Waals surface area contributed by atoms with Crippen LogP contribution in [0.1, 0.15) is 30.9 Å². The molecule has 0 unspecified atom stereocenters. The number of hydrogen-bond donors (Lipinski definition) is 1. The number of benzene rings is 1. The molecule has 142 valence electrons. The Morgan fingerprint density at radius 3 is 2.37 bits per heavy atom. The van der Waals surface area contributed by atoms with Gasteiger partial charge >= 0.3 is 0 Å². The van der Waals surface area contributed by atoms with Gasteiger partial charge in [0.2, 0.25) is 5.91 Å². The number of likely N-dealkylation sites (N-methyl/N-ethyl adjacent to an activating group) is 1. The lowest BCUT2D eigenvalue weighted by Gasteiger charge is -2.33. The van der Waals surface area contributed by atoms with E-state index in [4.69, 9.17) is 0 Å². The molecule has 5 nitrogen and oxygen atoms in total. The molecule has 1 fully saturated rings. The van der Waals surface area contributed by atoms with E-state index in [2.05, 4.69) is 53.1 Å². The summed E-state index contributed by atoms with van der Waals surface area (Å²) >= 11 is 0. The van der Waals surface area contributed by atoms with Gasteiger partial charge in [-0.1, -0.05) is 38.1 Å². The molecule has 1 saturated heterocycles. The average molecular weight is 364 g/mol. The van der Waals surface area contributed by atoms with Crippen LogP contribution in [0.25, 0.3) is 6.08 Å². The number of anilines is 2. The van der Waals surface area contributed by atoms with Gasteiger partial charge in [0, 0.05) is 32.3 Å². The number of carbonyl (C=O) groups is 1. The molecule has 0 aliphatic carbocycles. The highest BCUT2D eigenvalue weighted by Gasteiger charge is 2.15. The third-order valence-corrected chi connectivity index (χ3v) is 4.87. The van der Waals surface area contributed by atoms with Crippen molar-refractivity contribution in [1.29, 1.82) is 0 Å². The minimum absolute atomic E-state index is 0.155. The maximum Gasteiger partial charge on any atom is 0.248 e. The summed E-state index contributed by atoms with van der Waals surface area (Å²) in [5.74, 6) is 1.31. The van der Waals surface area contributed by atoms with Gasteiger partial charge in [0.05, 0.1) is 11.9 Å². The van der Waals surface area contributed by atoms with Crippen LogP contribution in [0.4, 0.5) is 11.5 Å². The van der Waals surface area contributed by atoms with Crippen LogP contribution in [0.5, 0.6) is 0 Å². The van der Waals surface area contributed by atoms with Crippen molar-refractivity contribution >= 4 is 23.5 Å². The predicted octanol–water partition coefficient (Wildman–Crippen LogP) is 3.61. The van der Waals surface area contributed by atoms with Gasteiger partial charge in [-0.25, -0.2) is 4.98 Å². The highest BCUT2D eigenvalue weighted by molar-refractivity contribution is 6.01. The Balaban J connectivity index is 1.54. The summed E-state index contributed by atoms with van der Waals surface area (Å²) in [7, 11) is 2.13. The van der Waals surface area contributed by atoms with Crippen LogP contribution < -0.4 is 10.2 Å². The molecular formula is C22H28N4O. The Bertz CT molecular complexity index is 773. The quantitative estimate of drug-likeness (QED) is 0.824. The van der Waals surface area contributed by atoms with Crippen LogP contribution >= 0.6 is 0 Å². The molecule has 5 heteroatoms. The Morgan fingerprint density at radius 1 is 1.07 bits per heavy atom. The third-order valence-electron chi connectivity index (χ3n) is 4.87. The number of hydrogen-bond acceptors (Lipinski definition) is 4. The minimum Gasteiger partial charge on any atom is -0.354 e. The summed E-state index contributed by atoms with van der Waals surface area (Å²) in [4.78, 5) is 21.2. The smallest absolute Gasteiger partial charge is 0.248 e. The van der Waals surface area contributed by atoms with E-state index >= 15 is 0 Å². The number of pyridine rings is 1. The number of nitrogens with one attached hydrogen (secondary N) is 1. The van der Waals surface area contributed by atoms with E-state index in [0.29, 0.717) is 11.6 Å². The van der Waals surface area contributed by atoms with Crippen LogP contribution in [-0.2, 0) is 4.79 Å². The molecule has 0 atom stereocenters. The van der Waals surface area contributed by atoms with E-state index < -0.39 is 0 Å². The van der Waals surface area contributed by atoms with Crippen LogP contribution in [0.2, 0.25) is 0 Å². The highest BCUT2D eigenvalue weighted by atomic mass is 16.1. The van der Waals surface area contributed by atoms with Crippen molar-refractivity contribution < 1.29 is 4.79 Å². The first-order chi connectivity index (χ1) is 13.0. The molecule has 0 bridgehead atoms. The Kier molecular flexibility index (Phi) is 6.24. The summed E-state index contributed by atoms with van der Waals surface area (Å²) in [5, 5.41) is 2.86. The summed E-state index contributed by atoms with van der Waals surface area (Å²) in [6, 6.07) is 12.1. The number of amides is 1. The number of piperazine rings is 1. The fourth-order valence-corrected chi connectivity index (χ4v) is 3.03. The molecule has 0 saturated carbocycles. The standard InChI is InChI=1S/C22H28N4O/c1-17(2)19-7-4-18(5-8-19)6-11-22(27)24-20-9-10-21(23-16-20)26-14-12-25(3)13-15-26/h4-11,16-17H,12-15H2,1-3H3,(H,24,27)/b11-6-. The lowest BCUT2D eigenvalue weighted by Crippen LogP contribution is -2.44. The molecule has 0 spiro atoms. The van der Waals surface area contributed by atoms with Crippen LogP contribution in [-0.4, -0.2) is 49.0 Å². The zero-order valence-corrected chi connectivity index (χ0v) is 16.4. The SMILES string of the molecule is CC(C)c1ccc(/C=C\C(=O)Nc2ccc(N3CCN(C)CC3)nc2)cc1. The van der Waals surface area contributed by atoms with E-state index in [1.54, 1.807) is 12.3 Å². The first-order valence-electron chi connectivity index (χ1n) is 9.50. The van der Waals surface area contributed by atoms with E-state index in [-0.39, 0.29) is 5.91 Å². The largest absolute Gasteiger partial charge is 0.354 e. The normalized spacial score (nSPS) is 15.5. The van der Waals surface area contributed by atoms with E-state index in [1.165, 1.54) is 5.56 Å². The molecule has 1 aliphatic rings. The highest BCUT2D eigenvalue weighted by Crippen LogP contribution is 2.17. The number of nitrogens with zero attached hydrogens (tertiary/aromatic N) is 3. The van der Waals surface area contributed by atoms with Crippen molar-refractivity contribution in [3.8, 4) is 0 Å². The van der Waals surface area contributed by atoms with Gasteiger partial charge in [-0.15, -0.1) is 0 Å². The maximum atomic E-state index is 12.1. The van der Waals surface area contributed by atoms with Crippen LogP contribution in [0, 0.1) is 0 Å². The monoisotopic (exact) mass is 364 g/mol. The average Bonchev–Trinajstić information content (AvgIpc) is 2.68. The van der Waals surface area contributed by atoms with Crippen molar-refractivity contribution in [3.05, 3.63) is 59.8 Å².